The molecule has 2 rings (SSSR count). The molecule has 18 heavy (non-hydrogen) atoms. The molecule has 0 N–H and O–H groups in total. The maximum absolute atomic E-state index is 4.58. The van der Waals surface area contributed by atoms with E-state index < -0.39 is 0 Å². The van der Waals surface area contributed by atoms with E-state index in [4.69, 9.17) is 0 Å². The second kappa shape index (κ2) is 5.83. The summed E-state index contributed by atoms with van der Waals surface area (Å²) in [5.74, 6) is 0. The topological polar surface area (TPSA) is 15.6 Å². The molecule has 0 saturated heterocycles. The zero-order valence-electron chi connectivity index (χ0n) is 10.5. The van der Waals surface area contributed by atoms with Crippen molar-refractivity contribution in [2.24, 2.45) is 5.10 Å². The molecule has 0 heterocycles. The van der Waals surface area contributed by atoms with E-state index in [1.165, 1.54) is 0 Å². The van der Waals surface area contributed by atoms with Gasteiger partial charge in [-0.3, -0.25) is 5.01 Å². The SMILES string of the molecule is CC(=NN(C)c1ccccc1)c1ccc(Br)cc1. The van der Waals surface area contributed by atoms with Crippen LogP contribution in [0.4, 0.5) is 5.69 Å². The van der Waals surface area contributed by atoms with Crippen LogP contribution < -0.4 is 5.01 Å². The molecular weight excluding hydrogens is 288 g/mol. The lowest BCUT2D eigenvalue weighted by atomic mass is 10.1. The second-order valence-electron chi connectivity index (χ2n) is 4.05. The predicted molar refractivity (Wildman–Crippen MR) is 81.2 cm³/mol. The Bertz CT molecular complexity index is 532. The first-order chi connectivity index (χ1) is 8.66. The molecule has 3 heteroatoms. The summed E-state index contributed by atoms with van der Waals surface area (Å²) in [4.78, 5) is 0. The van der Waals surface area contributed by atoms with E-state index in [2.05, 4.69) is 33.2 Å². The monoisotopic (exact) mass is 302 g/mol. The second-order valence-corrected chi connectivity index (χ2v) is 4.97. The molecule has 0 aromatic heterocycles. The smallest absolute Gasteiger partial charge is 0.0650 e. The molecule has 0 aliphatic carbocycles. The van der Waals surface area contributed by atoms with Crippen LogP contribution >= 0.6 is 15.9 Å². The zero-order chi connectivity index (χ0) is 13.0. The number of hydrazone groups is 1. The van der Waals surface area contributed by atoms with Crippen LogP contribution in [0.1, 0.15) is 12.5 Å². The highest BCUT2D eigenvalue weighted by atomic mass is 79.9. The Morgan fingerprint density at radius 3 is 2.22 bits per heavy atom. The third kappa shape index (κ3) is 3.20. The fourth-order valence-corrected chi connectivity index (χ4v) is 1.94. The maximum Gasteiger partial charge on any atom is 0.0650 e. The zero-order valence-corrected chi connectivity index (χ0v) is 12.1. The fraction of sp³-hybridized carbons (Fsp3) is 0.133. The van der Waals surface area contributed by atoms with Crippen molar-refractivity contribution in [2.45, 2.75) is 6.92 Å². The Labute approximate surface area is 116 Å². The largest absolute Gasteiger partial charge is 0.268 e. The molecule has 0 aliphatic heterocycles. The van der Waals surface area contributed by atoms with Crippen molar-refractivity contribution in [3.05, 3.63) is 64.6 Å². The third-order valence-corrected chi connectivity index (χ3v) is 3.22. The van der Waals surface area contributed by atoms with Crippen molar-refractivity contribution in [1.82, 2.24) is 0 Å². The van der Waals surface area contributed by atoms with Crippen molar-refractivity contribution in [1.29, 1.82) is 0 Å². The summed E-state index contributed by atoms with van der Waals surface area (Å²) in [5.41, 5.74) is 3.20. The lowest BCUT2D eigenvalue weighted by molar-refractivity contribution is 1.01. The van der Waals surface area contributed by atoms with Gasteiger partial charge in [-0.25, -0.2) is 0 Å². The third-order valence-electron chi connectivity index (χ3n) is 2.69. The van der Waals surface area contributed by atoms with Crippen molar-refractivity contribution >= 4 is 27.3 Å². The summed E-state index contributed by atoms with van der Waals surface area (Å²) in [6.45, 7) is 2.02. The molecule has 0 unspecified atom stereocenters. The minimum atomic E-state index is 0.994. The van der Waals surface area contributed by atoms with Gasteiger partial charge in [-0.1, -0.05) is 46.3 Å². The lowest BCUT2D eigenvalue weighted by Gasteiger charge is -2.14. The Morgan fingerprint density at radius 2 is 1.61 bits per heavy atom. The van der Waals surface area contributed by atoms with Gasteiger partial charge in [-0.2, -0.15) is 5.10 Å². The van der Waals surface area contributed by atoms with Gasteiger partial charge >= 0.3 is 0 Å². The van der Waals surface area contributed by atoms with Crippen molar-refractivity contribution in [2.75, 3.05) is 12.1 Å². The quantitative estimate of drug-likeness (QED) is 0.609. The van der Waals surface area contributed by atoms with E-state index in [1.807, 2.05) is 61.4 Å². The fourth-order valence-electron chi connectivity index (χ4n) is 1.68. The molecule has 2 nitrogen and oxygen atoms in total. The highest BCUT2D eigenvalue weighted by Crippen LogP contribution is 2.14. The Morgan fingerprint density at radius 1 is 1.00 bits per heavy atom. The summed E-state index contributed by atoms with van der Waals surface area (Å²) in [5, 5.41) is 6.47. The van der Waals surface area contributed by atoms with E-state index >= 15 is 0 Å². The first-order valence-electron chi connectivity index (χ1n) is 5.77. The molecule has 0 amide bonds. The van der Waals surface area contributed by atoms with Crippen LogP contribution in [0.3, 0.4) is 0 Å². The molecule has 0 atom stereocenters. The Balaban J connectivity index is 2.20. The number of nitrogens with zero attached hydrogens (tertiary/aromatic N) is 2. The van der Waals surface area contributed by atoms with Gasteiger partial charge in [0.1, 0.15) is 0 Å². The highest BCUT2D eigenvalue weighted by Gasteiger charge is 2.01. The molecule has 0 radical (unpaired) electrons. The van der Waals surface area contributed by atoms with Crippen LogP contribution in [-0.4, -0.2) is 12.8 Å². The maximum atomic E-state index is 4.58. The van der Waals surface area contributed by atoms with Crippen LogP contribution in [-0.2, 0) is 0 Å². The Hall–Kier alpha value is -1.61. The van der Waals surface area contributed by atoms with Crippen LogP contribution in [0.25, 0.3) is 0 Å². The van der Waals surface area contributed by atoms with Gasteiger partial charge in [0, 0.05) is 11.5 Å². The molecule has 0 bridgehead atoms. The number of halogens is 1. The van der Waals surface area contributed by atoms with E-state index in [9.17, 15) is 0 Å². The highest BCUT2D eigenvalue weighted by molar-refractivity contribution is 9.10. The summed E-state index contributed by atoms with van der Waals surface area (Å²) in [6.07, 6.45) is 0. The van der Waals surface area contributed by atoms with Crippen LogP contribution in [0.15, 0.2) is 64.2 Å². The number of benzene rings is 2. The number of para-hydroxylation sites is 1. The van der Waals surface area contributed by atoms with E-state index in [0.717, 1.165) is 21.4 Å². The van der Waals surface area contributed by atoms with Gasteiger partial charge in [0.15, 0.2) is 0 Å². The van der Waals surface area contributed by atoms with Crippen molar-refractivity contribution < 1.29 is 0 Å². The summed E-state index contributed by atoms with van der Waals surface area (Å²) in [7, 11) is 1.96. The van der Waals surface area contributed by atoms with E-state index in [0.29, 0.717) is 0 Å². The first-order valence-corrected chi connectivity index (χ1v) is 6.56. The number of hydrogen-bond acceptors (Lipinski definition) is 2. The number of rotatable bonds is 3. The van der Waals surface area contributed by atoms with Gasteiger partial charge in [0.25, 0.3) is 0 Å². The van der Waals surface area contributed by atoms with Gasteiger partial charge in [-0.05, 0) is 36.8 Å². The standard InChI is InChI=1S/C15H15BrN2/c1-12(13-8-10-14(16)11-9-13)17-18(2)15-6-4-3-5-7-15/h3-11H,1-2H3. The lowest BCUT2D eigenvalue weighted by Crippen LogP contribution is -2.12. The molecule has 92 valence electrons. The minimum Gasteiger partial charge on any atom is -0.268 e. The normalized spacial score (nSPS) is 11.4. The predicted octanol–water partition coefficient (Wildman–Crippen LogP) is 4.31. The van der Waals surface area contributed by atoms with Gasteiger partial charge in [0.05, 0.1) is 11.4 Å². The van der Waals surface area contributed by atoms with Crippen molar-refractivity contribution in [3.63, 3.8) is 0 Å². The van der Waals surface area contributed by atoms with Crippen molar-refractivity contribution in [3.8, 4) is 0 Å². The summed E-state index contributed by atoms with van der Waals surface area (Å²) < 4.78 is 1.08. The Kier molecular flexibility index (Phi) is 4.15. The van der Waals surface area contributed by atoms with Crippen LogP contribution in [0, 0.1) is 0 Å². The number of anilines is 1. The molecule has 2 aromatic carbocycles. The van der Waals surface area contributed by atoms with Gasteiger partial charge in [0.2, 0.25) is 0 Å². The minimum absolute atomic E-state index is 0.994. The van der Waals surface area contributed by atoms with Gasteiger partial charge < -0.3 is 0 Å². The number of hydrogen-bond donors (Lipinski definition) is 0. The van der Waals surface area contributed by atoms with Crippen LogP contribution in [0.5, 0.6) is 0 Å². The molecule has 0 fully saturated rings. The molecular formula is C15H15BrN2. The molecule has 0 saturated carbocycles. The molecule has 0 aliphatic rings. The average Bonchev–Trinajstić information content (AvgIpc) is 2.40. The molecule has 0 spiro atoms. The molecule has 2 aromatic rings. The van der Waals surface area contributed by atoms with Gasteiger partial charge in [-0.15, -0.1) is 0 Å². The summed E-state index contributed by atoms with van der Waals surface area (Å²) in [6, 6.07) is 18.3. The van der Waals surface area contributed by atoms with Crippen LogP contribution in [0.2, 0.25) is 0 Å². The van der Waals surface area contributed by atoms with E-state index in [1.54, 1.807) is 0 Å². The average molecular weight is 303 g/mol. The summed E-state index contributed by atoms with van der Waals surface area (Å²) >= 11 is 3.43. The van der Waals surface area contributed by atoms with E-state index in [-0.39, 0.29) is 0 Å². The first kappa shape index (κ1) is 12.8.